The van der Waals surface area contributed by atoms with E-state index in [-0.39, 0.29) is 32.2 Å². The van der Waals surface area contributed by atoms with Gasteiger partial charge in [-0.1, -0.05) is 18.2 Å². The largest absolute Gasteiger partial charge is 0.442 e. The Labute approximate surface area is 177 Å². The zero-order valence-electron chi connectivity index (χ0n) is 16.3. The molecule has 4 amide bonds. The summed E-state index contributed by atoms with van der Waals surface area (Å²) in [7, 11) is 0. The SMILES string of the molecule is O=C1NC(=O)[C@](CN2Cc3cc(COC#CCO)ccc3C2=O)(c2ccc(F)cc2)N1. The predicted octanol–water partition coefficient (Wildman–Crippen LogP) is 0.986. The summed E-state index contributed by atoms with van der Waals surface area (Å²) in [6.07, 6.45) is 2.36. The van der Waals surface area contributed by atoms with Crippen LogP contribution >= 0.6 is 0 Å². The van der Waals surface area contributed by atoms with Crippen LogP contribution in [0.5, 0.6) is 0 Å². The summed E-state index contributed by atoms with van der Waals surface area (Å²) in [5.74, 6) is 1.01. The summed E-state index contributed by atoms with van der Waals surface area (Å²) in [4.78, 5) is 39.0. The number of amides is 4. The molecule has 2 aliphatic heterocycles. The minimum absolute atomic E-state index is 0.114. The number of hydrogen-bond donors (Lipinski definition) is 3. The lowest BCUT2D eigenvalue weighted by atomic mass is 9.89. The highest BCUT2D eigenvalue weighted by molar-refractivity contribution is 6.08. The van der Waals surface area contributed by atoms with E-state index in [0.717, 1.165) is 11.1 Å². The van der Waals surface area contributed by atoms with Crippen molar-refractivity contribution in [1.29, 1.82) is 0 Å². The number of nitrogens with zero attached hydrogens (tertiary/aromatic N) is 1. The molecular formula is C22H18FN3O5. The highest BCUT2D eigenvalue weighted by Crippen LogP contribution is 2.31. The number of imide groups is 1. The number of aliphatic hydroxyl groups excluding tert-OH is 1. The molecule has 0 saturated carbocycles. The number of benzene rings is 2. The first kappa shape index (κ1) is 20.4. The Kier molecular flexibility index (Phi) is 5.31. The van der Waals surface area contributed by atoms with Crippen LogP contribution in [-0.2, 0) is 28.2 Å². The fraction of sp³-hybridized carbons (Fsp3) is 0.227. The van der Waals surface area contributed by atoms with Crippen LogP contribution < -0.4 is 10.6 Å². The Morgan fingerprint density at radius 2 is 1.94 bits per heavy atom. The molecule has 2 heterocycles. The van der Waals surface area contributed by atoms with E-state index in [1.165, 1.54) is 29.2 Å². The molecule has 0 radical (unpaired) electrons. The fourth-order valence-electron chi connectivity index (χ4n) is 3.77. The monoisotopic (exact) mass is 423 g/mol. The molecule has 4 rings (SSSR count). The van der Waals surface area contributed by atoms with Crippen molar-refractivity contribution in [1.82, 2.24) is 15.5 Å². The van der Waals surface area contributed by atoms with Gasteiger partial charge in [0.15, 0.2) is 5.54 Å². The molecule has 9 heteroatoms. The Hall–Kier alpha value is -3.90. The molecule has 1 fully saturated rings. The van der Waals surface area contributed by atoms with E-state index < -0.39 is 23.3 Å². The topological polar surface area (TPSA) is 108 Å². The molecule has 158 valence electrons. The predicted molar refractivity (Wildman–Crippen MR) is 106 cm³/mol. The van der Waals surface area contributed by atoms with Crippen molar-refractivity contribution in [3.8, 4) is 12.0 Å². The molecule has 2 aromatic carbocycles. The van der Waals surface area contributed by atoms with Crippen LogP contribution in [-0.4, -0.2) is 41.0 Å². The van der Waals surface area contributed by atoms with Crippen molar-refractivity contribution in [3.63, 3.8) is 0 Å². The number of ether oxygens (including phenoxy) is 1. The maximum atomic E-state index is 13.4. The molecule has 1 atom stereocenters. The molecule has 0 spiro atoms. The van der Waals surface area contributed by atoms with Crippen LogP contribution in [0, 0.1) is 17.8 Å². The second-order valence-electron chi connectivity index (χ2n) is 7.20. The summed E-state index contributed by atoms with van der Waals surface area (Å²) >= 11 is 0. The molecule has 0 aliphatic carbocycles. The van der Waals surface area contributed by atoms with E-state index in [1.807, 2.05) is 6.07 Å². The van der Waals surface area contributed by atoms with Gasteiger partial charge in [-0.3, -0.25) is 14.9 Å². The standard InChI is InChI=1S/C22H18FN3O5/c23-17-5-3-16(4-6-17)22(20(29)24-21(30)25-22)13-26-11-15-10-14(12-31-9-1-8-27)2-7-18(15)19(26)28/h2-7,10,27H,8,11-13H2,(H2,24,25,29,30)/t22-/m0/s1. The summed E-state index contributed by atoms with van der Waals surface area (Å²) in [6, 6.07) is 9.76. The number of rotatable bonds is 5. The molecular weight excluding hydrogens is 405 g/mol. The second kappa shape index (κ2) is 8.08. The normalized spacial score (nSPS) is 19.4. The average molecular weight is 423 g/mol. The first-order valence-electron chi connectivity index (χ1n) is 9.44. The Bertz CT molecular complexity index is 1120. The zero-order valence-corrected chi connectivity index (χ0v) is 16.3. The van der Waals surface area contributed by atoms with Crippen LogP contribution in [0.25, 0.3) is 0 Å². The lowest BCUT2D eigenvalue weighted by Gasteiger charge is -2.31. The Morgan fingerprint density at radius 3 is 2.61 bits per heavy atom. The number of hydrogen-bond acceptors (Lipinski definition) is 5. The zero-order chi connectivity index (χ0) is 22.0. The van der Waals surface area contributed by atoms with Gasteiger partial charge in [0, 0.05) is 12.1 Å². The number of fused-ring (bicyclic) bond motifs is 1. The van der Waals surface area contributed by atoms with Gasteiger partial charge < -0.3 is 20.1 Å². The van der Waals surface area contributed by atoms with Crippen LogP contribution in [0.2, 0.25) is 0 Å². The third kappa shape index (κ3) is 3.81. The smallest absolute Gasteiger partial charge is 0.322 e. The van der Waals surface area contributed by atoms with E-state index in [2.05, 4.69) is 22.7 Å². The fourth-order valence-corrected chi connectivity index (χ4v) is 3.77. The number of urea groups is 1. The lowest BCUT2D eigenvalue weighted by molar-refractivity contribution is -0.124. The number of nitrogens with one attached hydrogen (secondary N) is 2. The van der Waals surface area contributed by atoms with Crippen molar-refractivity contribution in [3.05, 3.63) is 70.5 Å². The number of aliphatic hydroxyl groups is 1. The van der Waals surface area contributed by atoms with Crippen molar-refractivity contribution in [2.24, 2.45) is 0 Å². The minimum Gasteiger partial charge on any atom is -0.442 e. The van der Waals surface area contributed by atoms with E-state index in [1.54, 1.807) is 12.1 Å². The third-order valence-electron chi connectivity index (χ3n) is 5.22. The van der Waals surface area contributed by atoms with Crippen molar-refractivity contribution in [2.75, 3.05) is 13.2 Å². The molecule has 0 bridgehead atoms. The van der Waals surface area contributed by atoms with Crippen molar-refractivity contribution in [2.45, 2.75) is 18.7 Å². The molecule has 31 heavy (non-hydrogen) atoms. The maximum Gasteiger partial charge on any atom is 0.322 e. The molecule has 0 unspecified atom stereocenters. The van der Waals surface area contributed by atoms with Gasteiger partial charge in [-0.25, -0.2) is 9.18 Å². The average Bonchev–Trinajstić information content (AvgIpc) is 3.21. The van der Waals surface area contributed by atoms with Crippen LogP contribution in [0.3, 0.4) is 0 Å². The van der Waals surface area contributed by atoms with Crippen LogP contribution in [0.15, 0.2) is 42.5 Å². The quantitative estimate of drug-likeness (QED) is 0.491. The number of carbonyl (C=O) groups excluding carboxylic acids is 3. The Morgan fingerprint density at radius 1 is 1.16 bits per heavy atom. The van der Waals surface area contributed by atoms with E-state index in [4.69, 9.17) is 9.84 Å². The van der Waals surface area contributed by atoms with Crippen molar-refractivity contribution < 1.29 is 28.6 Å². The number of halogens is 1. The van der Waals surface area contributed by atoms with E-state index in [0.29, 0.717) is 11.1 Å². The maximum absolute atomic E-state index is 13.4. The highest BCUT2D eigenvalue weighted by atomic mass is 19.1. The second-order valence-corrected chi connectivity index (χ2v) is 7.20. The molecule has 3 N–H and O–H groups in total. The van der Waals surface area contributed by atoms with E-state index >= 15 is 0 Å². The van der Waals surface area contributed by atoms with Crippen molar-refractivity contribution >= 4 is 17.8 Å². The van der Waals surface area contributed by atoms with Gasteiger partial charge in [0.25, 0.3) is 11.8 Å². The van der Waals surface area contributed by atoms with Crippen LogP contribution in [0.4, 0.5) is 9.18 Å². The van der Waals surface area contributed by atoms with Gasteiger partial charge in [0.2, 0.25) is 0 Å². The molecule has 0 aromatic heterocycles. The van der Waals surface area contributed by atoms with Gasteiger partial charge in [0.05, 0.1) is 6.54 Å². The molecule has 2 aromatic rings. The van der Waals surface area contributed by atoms with Gasteiger partial charge >= 0.3 is 6.03 Å². The molecule has 2 aliphatic rings. The van der Waals surface area contributed by atoms with Gasteiger partial charge in [-0.05, 0) is 46.9 Å². The first-order chi connectivity index (χ1) is 14.9. The van der Waals surface area contributed by atoms with Gasteiger partial charge in [0.1, 0.15) is 25.1 Å². The molecule has 1 saturated heterocycles. The van der Waals surface area contributed by atoms with Gasteiger partial charge in [-0.15, -0.1) is 0 Å². The Balaban J connectivity index is 1.58. The summed E-state index contributed by atoms with van der Waals surface area (Å²) < 4.78 is 18.5. The minimum atomic E-state index is -1.52. The lowest BCUT2D eigenvalue weighted by Crippen LogP contribution is -2.52. The first-order valence-corrected chi connectivity index (χ1v) is 9.44. The summed E-state index contributed by atoms with van der Waals surface area (Å²) in [5, 5.41) is 13.5. The van der Waals surface area contributed by atoms with Gasteiger partial charge in [-0.2, -0.15) is 0 Å². The third-order valence-corrected chi connectivity index (χ3v) is 5.22. The van der Waals surface area contributed by atoms with Crippen LogP contribution in [0.1, 0.15) is 27.0 Å². The van der Waals surface area contributed by atoms with E-state index in [9.17, 15) is 18.8 Å². The number of carbonyl (C=O) groups is 3. The summed E-state index contributed by atoms with van der Waals surface area (Å²) in [5.41, 5.74) is 0.886. The summed E-state index contributed by atoms with van der Waals surface area (Å²) in [6.45, 7) is 0.00791. The highest BCUT2D eigenvalue weighted by Gasteiger charge is 2.50. The molecule has 8 nitrogen and oxygen atoms in total.